The van der Waals surface area contributed by atoms with Gasteiger partial charge in [-0.25, -0.2) is 4.98 Å². The van der Waals surface area contributed by atoms with Crippen LogP contribution in [0.15, 0.2) is 67.1 Å². The second-order valence-corrected chi connectivity index (χ2v) is 34.7. The number of rotatable bonds is 59. The van der Waals surface area contributed by atoms with Gasteiger partial charge in [-0.3, -0.25) is 111 Å². The molecule has 58 heteroatoms. The fraction of sp³-hybridized carbons (Fsp3) is 0.563. The number of nitrogens with one attached hydrogen (secondary N) is 20. The topological polar surface area (TPSA) is 905 Å². The van der Waals surface area contributed by atoms with Crippen LogP contribution in [0, 0.1) is 5.41 Å². The van der Waals surface area contributed by atoms with E-state index in [9.17, 15) is 151 Å². The Morgan fingerprint density at radius 2 is 0.855 bits per heavy atom. The Labute approximate surface area is 834 Å². The Balaban J connectivity index is 1.30. The Morgan fingerprint density at radius 3 is 1.36 bits per heavy atom. The predicted octanol–water partition coefficient (Wildman–Crippen LogP) is -13.9. The number of aromatic hydroxyl groups is 1. The first-order valence-electron chi connectivity index (χ1n) is 45.8. The van der Waals surface area contributed by atoms with E-state index in [1.807, 2.05) is 10.6 Å². The van der Waals surface area contributed by atoms with Gasteiger partial charge in [0.15, 0.2) is 5.96 Å². The van der Waals surface area contributed by atoms with Gasteiger partial charge in [-0.1, -0.05) is 42.5 Å². The number of phenols is 1. The fourth-order valence-electron chi connectivity index (χ4n) is 14.7. The van der Waals surface area contributed by atoms with Crippen molar-refractivity contribution in [3.8, 4) is 5.75 Å². The van der Waals surface area contributed by atoms with Gasteiger partial charge in [0.2, 0.25) is 112 Å². The molecule has 0 radical (unpaired) electrons. The number of nitrogens with two attached hydrogens (primary N) is 2. The predicted molar refractivity (Wildman–Crippen MR) is 504 cm³/mol. The maximum atomic E-state index is 14.9. The lowest BCUT2D eigenvalue weighted by Crippen LogP contribution is -2.63. The number of aromatic amines is 1. The minimum absolute atomic E-state index is 0.0173. The number of carbonyl (C=O) groups excluding carboxylic acids is 19. The number of likely N-dealkylation sites (tertiary alicyclic amines) is 2. The number of carboxylic acid groups (broad SMARTS) is 3. The number of aromatic nitrogens is 2. The van der Waals surface area contributed by atoms with Crippen LogP contribution in [0.1, 0.15) is 123 Å². The number of aliphatic carboxylic acids is 3. The molecular weight excluding hydrogens is 1940 g/mol. The van der Waals surface area contributed by atoms with E-state index >= 15 is 0 Å². The molecular formula is C87H129N25O32S. The number of hydrogen-bond donors (Lipinski definition) is 33. The minimum atomic E-state index is -2.27. The van der Waals surface area contributed by atoms with Gasteiger partial charge < -0.3 is 173 Å². The summed E-state index contributed by atoms with van der Waals surface area (Å²) in [5.41, 5.74) is 12.1. The monoisotopic (exact) mass is 2070 g/mol. The number of carboxylic acids is 3. The third-order valence-corrected chi connectivity index (χ3v) is 23.0. The van der Waals surface area contributed by atoms with E-state index in [0.717, 1.165) is 44.4 Å². The lowest BCUT2D eigenvalue weighted by molar-refractivity contribution is -0.142. The van der Waals surface area contributed by atoms with Gasteiger partial charge in [0, 0.05) is 57.3 Å². The number of H-pyrrole nitrogens is 1. The van der Waals surface area contributed by atoms with Crippen molar-refractivity contribution in [2.45, 2.75) is 259 Å². The molecule has 0 bridgehead atoms. The molecule has 19 amide bonds. The van der Waals surface area contributed by atoms with E-state index in [1.54, 1.807) is 30.3 Å². The second-order valence-electron chi connectivity index (χ2n) is 34.3. The summed E-state index contributed by atoms with van der Waals surface area (Å²) < 4.78 is 0. The van der Waals surface area contributed by atoms with Crippen LogP contribution in [-0.4, -0.2) is 392 Å². The number of aliphatic hydroxyl groups is 6. The van der Waals surface area contributed by atoms with Crippen molar-refractivity contribution in [1.82, 2.24) is 115 Å². The van der Waals surface area contributed by atoms with Gasteiger partial charge in [0.05, 0.1) is 62.6 Å². The lowest BCUT2D eigenvalue weighted by Gasteiger charge is -2.30. The third kappa shape index (κ3) is 39.4. The SMILES string of the molecule is C[C@H](NC(=O)[C@H](CO)NC(=O)CNC(=O)[C@@H]1CCCN1C(=O)[C@H](Cc1c[nH]cn1)NC(=O)[C@H](CCCNC(=N)N)NC(=O)[C@H](C)NC(=O)[C@H](CS)NC(=O)[C@H](Cc1ccccc1)NC(=O)[C@H](Cc1ccc(O)cc1)NC(=O)[C@@H](NC(=O)[C@H](C)NC(=O)[C@@H](NC(=O)[C@H](CC(=O)O)NC(=O)[C@H](CCC(=O)O)NC(=O)[C@@H](NC(=O)[C@@H](NC(=O)[C@@H]1CCCN1C(=O)[C@@H](N)CO)[C@@H](C)O)[C@@H](C)O)[C@@H](C)O)[C@@H](C)O)C(=O)NCC(=O)O. The van der Waals surface area contributed by atoms with Gasteiger partial charge in [0.1, 0.15) is 121 Å². The Bertz CT molecular complexity index is 5040. The average molecular weight is 2070 g/mol. The highest BCUT2D eigenvalue weighted by Crippen LogP contribution is 2.23. The lowest BCUT2D eigenvalue weighted by atomic mass is 10.0. The van der Waals surface area contributed by atoms with Crippen LogP contribution in [0.2, 0.25) is 0 Å². The molecule has 2 aliphatic heterocycles. The maximum absolute atomic E-state index is 14.9. The van der Waals surface area contributed by atoms with Crippen molar-refractivity contribution >= 4 is 149 Å². The molecule has 2 saturated heterocycles. The normalized spacial score (nSPS) is 17.3. The number of thiol groups is 1. The van der Waals surface area contributed by atoms with Crippen LogP contribution < -0.4 is 107 Å². The molecule has 0 unspecified atom stereocenters. The quantitative estimate of drug-likeness (QED) is 0.0108. The molecule has 2 aliphatic rings. The number of guanidine groups is 1. The Kier molecular flexibility index (Phi) is 49.3. The smallest absolute Gasteiger partial charge is 0.322 e. The first-order valence-corrected chi connectivity index (χ1v) is 46.5. The number of nitrogens with zero attached hydrogens (tertiary/aromatic N) is 3. The molecule has 2 fully saturated rings. The van der Waals surface area contributed by atoms with Gasteiger partial charge in [-0.2, -0.15) is 12.6 Å². The summed E-state index contributed by atoms with van der Waals surface area (Å²) in [6.45, 7) is 4.04. The highest BCUT2D eigenvalue weighted by molar-refractivity contribution is 7.80. The van der Waals surface area contributed by atoms with Crippen molar-refractivity contribution in [1.29, 1.82) is 5.41 Å². The van der Waals surface area contributed by atoms with E-state index in [2.05, 4.69) is 108 Å². The summed E-state index contributed by atoms with van der Waals surface area (Å²) in [5.74, 6) is -27.5. The molecule has 22 atom stereocenters. The van der Waals surface area contributed by atoms with E-state index in [-0.39, 0.29) is 81.6 Å². The van der Waals surface area contributed by atoms with Gasteiger partial charge in [0.25, 0.3) is 0 Å². The number of hydrogen-bond acceptors (Lipinski definition) is 33. The molecule has 34 N–H and O–H groups in total. The molecule has 57 nitrogen and oxygen atoms in total. The van der Waals surface area contributed by atoms with E-state index < -0.39 is 327 Å². The third-order valence-electron chi connectivity index (χ3n) is 22.6. The summed E-state index contributed by atoms with van der Waals surface area (Å²) >= 11 is 4.30. The van der Waals surface area contributed by atoms with Crippen LogP contribution in [0.5, 0.6) is 5.75 Å². The number of phenolic OH excluding ortho intramolecular Hbond substituents is 1. The second kappa shape index (κ2) is 59.3. The van der Waals surface area contributed by atoms with Crippen LogP contribution in [0.4, 0.5) is 0 Å². The number of imidazole rings is 1. The van der Waals surface area contributed by atoms with Gasteiger partial charge in [-0.15, -0.1) is 0 Å². The highest BCUT2D eigenvalue weighted by Gasteiger charge is 2.45. The summed E-state index contributed by atoms with van der Waals surface area (Å²) in [6, 6.07) is -18.0. The van der Waals surface area contributed by atoms with Crippen LogP contribution >= 0.6 is 12.6 Å². The molecule has 0 aliphatic carbocycles. The summed E-state index contributed by atoms with van der Waals surface area (Å²) in [4.78, 5) is 308. The molecule has 800 valence electrons. The zero-order valence-corrected chi connectivity index (χ0v) is 81.0. The molecule has 145 heavy (non-hydrogen) atoms. The zero-order chi connectivity index (χ0) is 109. The molecule has 0 saturated carbocycles. The standard InChI is InChI=1S/C87H129N25O32S/c1-39(69(127)94-34-64(125)126)96-77(135)57(36-114)99-61(120)33-93-79(137)59-17-12-27-112(59)86(144)56(30-48-32-91-38-95-48)105-72(130)51(16-11-25-92-87(89)90)100-70(128)40(2)97-78(136)58(37-145)106-75(133)53(28-46-14-9-8-10-15-46)102-74(132)54(29-47-19-21-49(119)22-20-47)104-83(141)66(43(5)116)107-71(129)41(3)98-81(139)65(42(4)115)108-76(134)55(31-63(123)124)103-73(131)52(23-24-62(121)122)101-82(140)67(44(6)117)110-84(142)68(45(7)118)109-80(138)60-18-13-26-111(60)85(143)50(88)35-113/h8-10,14-15,19-22,32,38-45,50-60,65-68,113-119,145H,11-13,16-18,23-31,33-37,88H2,1-7H3,(H,91,95)(H,93,137)(H,94,127)(H,96,135)(H,97,136)(H,98,139)(H,99,120)(H,100,128)(H,101,140)(H,102,132)(H,103,131)(H,104,141)(H,105,130)(H,106,133)(H,107,129)(H,108,134)(H,109,138)(H,110,142)(H,121,122)(H,123,124)(H,125,126)(H4,89,90,92)/t39-,40-,41-,42+,43+,44+,45+,50-,51-,52-,53-,54-,55-,56-,57-,58-,59-,60-,65-,66-,67-,68-/m0/s1. The zero-order valence-electron chi connectivity index (χ0n) is 80.1. The number of benzene rings is 2. The van der Waals surface area contributed by atoms with E-state index in [0.29, 0.717) is 12.0 Å². The molecule has 5 rings (SSSR count). The van der Waals surface area contributed by atoms with Crippen LogP contribution in [-0.2, 0) is 125 Å². The first kappa shape index (κ1) is 121. The van der Waals surface area contributed by atoms with Crippen LogP contribution in [0.3, 0.4) is 0 Å². The van der Waals surface area contributed by atoms with E-state index in [1.165, 1.54) is 50.6 Å². The molecule has 1 aromatic heterocycles. The van der Waals surface area contributed by atoms with Crippen molar-refractivity contribution < 1.29 is 157 Å². The van der Waals surface area contributed by atoms with Crippen molar-refractivity contribution in [2.24, 2.45) is 11.5 Å². The highest BCUT2D eigenvalue weighted by atomic mass is 32.1. The number of amides is 19. The summed E-state index contributed by atoms with van der Waals surface area (Å²) in [6.07, 6.45) is -8.58. The van der Waals surface area contributed by atoms with E-state index in [4.69, 9.17) is 22.0 Å². The summed E-state index contributed by atoms with van der Waals surface area (Å²) in [7, 11) is 0. The maximum Gasteiger partial charge on any atom is 0.322 e. The summed E-state index contributed by atoms with van der Waals surface area (Å²) in [5, 5.41) is 150. The fourth-order valence-corrected chi connectivity index (χ4v) is 14.9. The molecule has 3 heterocycles. The molecule has 2 aromatic carbocycles. The van der Waals surface area contributed by atoms with Crippen LogP contribution in [0.25, 0.3) is 0 Å². The Morgan fingerprint density at radius 1 is 0.434 bits per heavy atom. The minimum Gasteiger partial charge on any atom is -0.508 e. The van der Waals surface area contributed by atoms with Gasteiger partial charge >= 0.3 is 17.9 Å². The molecule has 0 spiro atoms. The number of aliphatic hydroxyl groups excluding tert-OH is 6. The van der Waals surface area contributed by atoms with Crippen molar-refractivity contribution in [3.63, 3.8) is 0 Å². The van der Waals surface area contributed by atoms with Crippen molar-refractivity contribution in [2.75, 3.05) is 51.7 Å². The number of carbonyl (C=O) groups is 22. The Hall–Kier alpha value is -14.9. The average Bonchev–Trinajstić information content (AvgIpc) is 1.66. The van der Waals surface area contributed by atoms with Crippen molar-refractivity contribution in [3.05, 3.63) is 83.9 Å². The first-order chi connectivity index (χ1) is 68.3. The van der Waals surface area contributed by atoms with Gasteiger partial charge in [-0.05, 0) is 117 Å². The molecule has 3 aromatic rings. The largest absolute Gasteiger partial charge is 0.508 e.